The number of methoxy groups -OCH3 is 2. The monoisotopic (exact) mass is 732 g/mol. The molecule has 0 bridgehead atoms. The molecule has 0 radical (unpaired) electrons. The summed E-state index contributed by atoms with van der Waals surface area (Å²) < 4.78 is 48.9. The molecule has 2 amide bonds. The topological polar surface area (TPSA) is 120 Å². The third-order valence-electron chi connectivity index (χ3n) is 12.0. The largest absolute Gasteiger partial charge is 0.496 e. The van der Waals surface area contributed by atoms with Gasteiger partial charge in [0.15, 0.2) is 0 Å². The number of pyridine rings is 1. The number of hydrogen-bond donors (Lipinski definition) is 1. The Kier molecular flexibility index (Phi) is 9.24. The zero-order valence-electron chi connectivity index (χ0n) is 31.1. The molecule has 0 aliphatic carbocycles. The summed E-state index contributed by atoms with van der Waals surface area (Å²) in [6.07, 6.45) is 3.05. The van der Waals surface area contributed by atoms with Gasteiger partial charge in [0.25, 0.3) is 11.5 Å². The predicted molar refractivity (Wildman–Crippen MR) is 197 cm³/mol. The van der Waals surface area contributed by atoms with Gasteiger partial charge in [-0.15, -0.1) is 0 Å². The summed E-state index contributed by atoms with van der Waals surface area (Å²) >= 11 is 0. The Morgan fingerprint density at radius 3 is 2.21 bits per heavy atom. The minimum atomic E-state index is -2.96. The van der Waals surface area contributed by atoms with Crippen molar-refractivity contribution in [1.29, 1.82) is 0 Å². The fraction of sp³-hybridized carbons (Fsp3) is 0.487. The van der Waals surface area contributed by atoms with Crippen LogP contribution in [0.25, 0.3) is 22.2 Å². The molecule has 5 heterocycles. The number of amides is 2. The minimum absolute atomic E-state index is 0.0673. The number of hydrogen-bond acceptors (Lipinski definition) is 8. The first-order valence-electron chi connectivity index (χ1n) is 18.0. The number of rotatable bonds is 7. The lowest BCUT2D eigenvalue weighted by atomic mass is 9.68. The number of piperidine rings is 3. The SMILES string of the molecule is COc1cc(-c2cn(C)c(=O)c(C)c2C)cc(OC)c1CN1CCC2(CCN(c3cccc4c3n(C)c(=O)n4C3CCC(=O)NC3=O)CC2)C(F)(F)C1. The number of aromatic nitrogens is 3. The first-order valence-corrected chi connectivity index (χ1v) is 18.0. The molecule has 14 heteroatoms. The number of halogens is 2. The average molecular weight is 733 g/mol. The summed E-state index contributed by atoms with van der Waals surface area (Å²) in [5, 5.41) is 2.34. The molecule has 2 aromatic carbocycles. The molecule has 1 spiro atoms. The van der Waals surface area contributed by atoms with Gasteiger partial charge in [-0.25, -0.2) is 13.6 Å². The number of nitrogens with zero attached hydrogens (tertiary/aromatic N) is 5. The van der Waals surface area contributed by atoms with E-state index < -0.39 is 29.8 Å². The van der Waals surface area contributed by atoms with Crippen LogP contribution in [0.3, 0.4) is 0 Å². The van der Waals surface area contributed by atoms with Crippen LogP contribution in [0.1, 0.15) is 54.8 Å². The number of carbonyl (C=O) groups is 2. The molecule has 282 valence electrons. The Hall–Kier alpha value is -4.98. The Bertz CT molecular complexity index is 2220. The molecule has 4 aromatic rings. The van der Waals surface area contributed by atoms with E-state index in [-0.39, 0.29) is 49.4 Å². The summed E-state index contributed by atoms with van der Waals surface area (Å²) in [6.45, 7) is 4.76. The molecular formula is C39H46F2N6O6. The molecule has 1 atom stereocenters. The number of alkyl halides is 2. The molecular weight excluding hydrogens is 686 g/mol. The first-order chi connectivity index (χ1) is 25.2. The summed E-state index contributed by atoms with van der Waals surface area (Å²) in [6, 6.07) is 8.43. The van der Waals surface area contributed by atoms with Crippen molar-refractivity contribution in [2.75, 3.05) is 45.3 Å². The number of imide groups is 1. The number of ether oxygens (including phenoxy) is 2. The number of para-hydroxylation sites is 1. The predicted octanol–water partition coefficient (Wildman–Crippen LogP) is 4.45. The Morgan fingerprint density at radius 1 is 0.925 bits per heavy atom. The number of benzene rings is 2. The standard InChI is InChI=1S/C39H46F2N6O6/c1-23-24(2)36(50)43(3)20-26(23)25-18-31(52-5)27(32(19-25)53-6)21-45-15-12-38(39(40,41)22-45)13-16-46(17-14-38)28-8-7-9-29-34(28)44(4)37(51)47(29)30-10-11-33(48)42-35(30)49/h7-9,18-20,30H,10-17,21-22H2,1-6H3,(H,42,48,49). The van der Waals surface area contributed by atoms with Gasteiger partial charge >= 0.3 is 5.69 Å². The molecule has 3 aliphatic heterocycles. The van der Waals surface area contributed by atoms with Crippen molar-refractivity contribution in [2.45, 2.75) is 64.5 Å². The van der Waals surface area contributed by atoms with Crippen LogP contribution in [0.4, 0.5) is 14.5 Å². The number of aryl methyl sites for hydroxylation is 2. The van der Waals surface area contributed by atoms with Gasteiger partial charge in [0.1, 0.15) is 17.5 Å². The third kappa shape index (κ3) is 6.00. The second kappa shape index (κ2) is 13.5. The highest BCUT2D eigenvalue weighted by molar-refractivity contribution is 6.00. The van der Waals surface area contributed by atoms with Crippen molar-refractivity contribution in [3.05, 3.63) is 74.1 Å². The molecule has 1 N–H and O–H groups in total. The Labute approximate surface area is 305 Å². The van der Waals surface area contributed by atoms with Crippen molar-refractivity contribution in [3.8, 4) is 22.6 Å². The van der Waals surface area contributed by atoms with E-state index in [1.165, 1.54) is 9.13 Å². The van der Waals surface area contributed by atoms with E-state index in [9.17, 15) is 19.2 Å². The molecule has 3 saturated heterocycles. The van der Waals surface area contributed by atoms with Gasteiger partial charge in [0.2, 0.25) is 11.8 Å². The second-order valence-corrected chi connectivity index (χ2v) is 14.8. The van der Waals surface area contributed by atoms with Gasteiger partial charge in [-0.1, -0.05) is 6.07 Å². The van der Waals surface area contributed by atoms with E-state index >= 15 is 8.78 Å². The zero-order valence-corrected chi connectivity index (χ0v) is 31.1. The lowest BCUT2D eigenvalue weighted by Crippen LogP contribution is -2.59. The second-order valence-electron chi connectivity index (χ2n) is 14.8. The van der Waals surface area contributed by atoms with Crippen LogP contribution in [0, 0.1) is 19.3 Å². The molecule has 7 rings (SSSR count). The van der Waals surface area contributed by atoms with Crippen molar-refractivity contribution in [1.82, 2.24) is 23.9 Å². The minimum Gasteiger partial charge on any atom is -0.496 e. The van der Waals surface area contributed by atoms with Crippen LogP contribution < -0.4 is 30.9 Å². The Balaban J connectivity index is 1.09. The molecule has 12 nitrogen and oxygen atoms in total. The highest BCUT2D eigenvalue weighted by atomic mass is 19.3. The molecule has 53 heavy (non-hydrogen) atoms. The fourth-order valence-corrected chi connectivity index (χ4v) is 8.70. The fourth-order valence-electron chi connectivity index (χ4n) is 8.70. The molecule has 1 unspecified atom stereocenters. The third-order valence-corrected chi connectivity index (χ3v) is 12.0. The van der Waals surface area contributed by atoms with Gasteiger partial charge < -0.3 is 18.9 Å². The maximum absolute atomic E-state index is 16.4. The van der Waals surface area contributed by atoms with Crippen LogP contribution >= 0.6 is 0 Å². The quantitative estimate of drug-likeness (QED) is 0.277. The van der Waals surface area contributed by atoms with Crippen LogP contribution in [-0.4, -0.2) is 76.7 Å². The van der Waals surface area contributed by atoms with Crippen LogP contribution in [0.5, 0.6) is 11.5 Å². The van der Waals surface area contributed by atoms with E-state index in [1.54, 1.807) is 57.0 Å². The maximum atomic E-state index is 16.4. The molecule has 3 fully saturated rings. The summed E-state index contributed by atoms with van der Waals surface area (Å²) in [5.41, 5.74) is 4.20. The van der Waals surface area contributed by atoms with Crippen molar-refractivity contribution >= 4 is 28.5 Å². The number of anilines is 1. The smallest absolute Gasteiger partial charge is 0.329 e. The van der Waals surface area contributed by atoms with Gasteiger partial charge in [0, 0.05) is 62.9 Å². The van der Waals surface area contributed by atoms with Gasteiger partial charge in [-0.2, -0.15) is 0 Å². The summed E-state index contributed by atoms with van der Waals surface area (Å²) in [4.78, 5) is 54.3. The molecule has 2 aromatic heterocycles. The maximum Gasteiger partial charge on any atom is 0.329 e. The number of carbonyl (C=O) groups excluding carboxylic acids is 2. The Morgan fingerprint density at radius 2 is 1.58 bits per heavy atom. The molecule has 3 aliphatic rings. The number of fused-ring (bicyclic) bond motifs is 1. The van der Waals surface area contributed by atoms with E-state index in [0.29, 0.717) is 59.7 Å². The lowest BCUT2D eigenvalue weighted by molar-refractivity contribution is -0.179. The summed E-state index contributed by atoms with van der Waals surface area (Å²) in [5.74, 6) is -2.78. The summed E-state index contributed by atoms with van der Waals surface area (Å²) in [7, 11) is 6.46. The van der Waals surface area contributed by atoms with Gasteiger partial charge in [0.05, 0.1) is 43.0 Å². The van der Waals surface area contributed by atoms with E-state index in [1.807, 2.05) is 31.2 Å². The van der Waals surface area contributed by atoms with E-state index in [0.717, 1.165) is 22.4 Å². The average Bonchev–Trinajstić information content (AvgIpc) is 3.39. The van der Waals surface area contributed by atoms with Gasteiger partial charge in [-0.3, -0.25) is 33.7 Å². The number of imidazole rings is 1. The highest BCUT2D eigenvalue weighted by Gasteiger charge is 2.57. The first kappa shape index (κ1) is 36.4. The van der Waals surface area contributed by atoms with Crippen LogP contribution in [0.15, 0.2) is 46.1 Å². The van der Waals surface area contributed by atoms with Crippen molar-refractivity contribution in [2.24, 2.45) is 19.5 Å². The van der Waals surface area contributed by atoms with Crippen molar-refractivity contribution < 1.29 is 27.8 Å². The van der Waals surface area contributed by atoms with Crippen molar-refractivity contribution in [3.63, 3.8) is 0 Å². The molecule has 0 saturated carbocycles. The highest BCUT2D eigenvalue weighted by Crippen LogP contribution is 2.52. The zero-order chi connectivity index (χ0) is 38.0. The number of likely N-dealkylation sites (tertiary alicyclic amines) is 1. The van der Waals surface area contributed by atoms with E-state index in [4.69, 9.17) is 9.47 Å². The van der Waals surface area contributed by atoms with E-state index in [2.05, 4.69) is 10.2 Å². The normalized spacial score (nSPS) is 20.2. The lowest BCUT2D eigenvalue weighted by Gasteiger charge is -2.51. The number of nitrogens with one attached hydrogen (secondary N) is 1. The van der Waals surface area contributed by atoms with Gasteiger partial charge in [-0.05, 0) is 81.5 Å². The van der Waals surface area contributed by atoms with Crippen LogP contribution in [-0.2, 0) is 30.2 Å². The van der Waals surface area contributed by atoms with Crippen LogP contribution in [0.2, 0.25) is 0 Å².